The predicted molar refractivity (Wildman–Crippen MR) is 125 cm³/mol. The van der Waals surface area contributed by atoms with Gasteiger partial charge < -0.3 is 4.90 Å². The quantitative estimate of drug-likeness (QED) is 0.615. The zero-order valence-corrected chi connectivity index (χ0v) is 18.4. The second-order valence-electron chi connectivity index (χ2n) is 8.35. The summed E-state index contributed by atoms with van der Waals surface area (Å²) in [5.74, 6) is 4.40. The normalized spacial score (nSPS) is 20.6. The number of nitrogens with zero attached hydrogens (tertiary/aromatic N) is 5. The van der Waals surface area contributed by atoms with E-state index in [1.54, 1.807) is 0 Å². The molecule has 2 saturated heterocycles. The third-order valence-electron chi connectivity index (χ3n) is 6.22. The van der Waals surface area contributed by atoms with Gasteiger partial charge in [0.25, 0.3) is 0 Å². The smallest absolute Gasteiger partial charge is 0.145 e. The van der Waals surface area contributed by atoms with Crippen molar-refractivity contribution in [1.29, 1.82) is 0 Å². The maximum Gasteiger partial charge on any atom is 0.145 e. The molecule has 6 heteroatoms. The Kier molecular flexibility index (Phi) is 5.86. The van der Waals surface area contributed by atoms with Crippen molar-refractivity contribution in [2.45, 2.75) is 38.8 Å². The van der Waals surface area contributed by atoms with Crippen LogP contribution in [0.2, 0.25) is 0 Å². The van der Waals surface area contributed by atoms with E-state index in [-0.39, 0.29) is 0 Å². The number of aryl methyl sites for hydroxylation is 1. The lowest BCUT2D eigenvalue weighted by molar-refractivity contribution is 0.137. The van der Waals surface area contributed by atoms with E-state index in [1.807, 2.05) is 30.2 Å². The van der Waals surface area contributed by atoms with Gasteiger partial charge in [-0.2, -0.15) is 11.8 Å². The van der Waals surface area contributed by atoms with E-state index in [0.29, 0.717) is 6.04 Å². The summed E-state index contributed by atoms with van der Waals surface area (Å²) in [6, 6.07) is 11.2. The summed E-state index contributed by atoms with van der Waals surface area (Å²) in [4.78, 5) is 19.5. The van der Waals surface area contributed by atoms with Gasteiger partial charge in [-0.05, 0) is 50.1 Å². The molecule has 0 aliphatic carbocycles. The molecule has 5 nitrogen and oxygen atoms in total. The van der Waals surface area contributed by atoms with Gasteiger partial charge in [-0.1, -0.05) is 24.1 Å². The molecule has 5 rings (SSSR count). The molecule has 1 unspecified atom stereocenters. The van der Waals surface area contributed by atoms with Crippen LogP contribution in [-0.2, 0) is 6.54 Å². The van der Waals surface area contributed by atoms with E-state index in [4.69, 9.17) is 9.97 Å². The van der Waals surface area contributed by atoms with Crippen LogP contribution in [0.5, 0.6) is 0 Å². The number of hydrogen-bond acceptors (Lipinski definition) is 6. The maximum absolute atomic E-state index is 5.14. The number of likely N-dealkylation sites (tertiary alicyclic amines) is 1. The molecular formula is C24H29N5S. The average molecular weight is 420 g/mol. The first-order valence-corrected chi connectivity index (χ1v) is 12.2. The largest absolute Gasteiger partial charge is 0.354 e. The number of hydrogen-bond donors (Lipinski definition) is 0. The standard InChI is InChI=1S/C24H29N5S/c1-18-7-8-21-20(15-18)24(28-11-13-30-14-12-28)27-23(26-21)17-29-10-3-2-6-22(29)19-5-4-9-25-16-19/h4-5,7-9,15-16,22H,2-3,6,10-14,17H2,1H3. The Morgan fingerprint density at radius 2 is 1.97 bits per heavy atom. The molecular weight excluding hydrogens is 390 g/mol. The molecule has 1 aromatic carbocycles. The van der Waals surface area contributed by atoms with Crippen LogP contribution in [0.3, 0.4) is 0 Å². The number of aromatic nitrogens is 3. The molecule has 0 bridgehead atoms. The van der Waals surface area contributed by atoms with Crippen LogP contribution in [0.25, 0.3) is 10.9 Å². The Bertz CT molecular complexity index is 1000. The van der Waals surface area contributed by atoms with Crippen LogP contribution < -0.4 is 4.90 Å². The van der Waals surface area contributed by atoms with Gasteiger partial charge in [0.2, 0.25) is 0 Å². The fourth-order valence-corrected chi connectivity index (χ4v) is 5.58. The van der Waals surface area contributed by atoms with Crippen molar-refractivity contribution in [3.8, 4) is 0 Å². The van der Waals surface area contributed by atoms with Crippen LogP contribution in [0.15, 0.2) is 42.7 Å². The van der Waals surface area contributed by atoms with Crippen LogP contribution in [0, 0.1) is 6.92 Å². The Balaban J connectivity index is 1.49. The Morgan fingerprint density at radius 3 is 2.80 bits per heavy atom. The highest BCUT2D eigenvalue weighted by atomic mass is 32.2. The molecule has 2 aromatic heterocycles. The minimum Gasteiger partial charge on any atom is -0.354 e. The number of benzene rings is 1. The minimum atomic E-state index is 0.402. The van der Waals surface area contributed by atoms with Crippen molar-refractivity contribution >= 4 is 28.5 Å². The van der Waals surface area contributed by atoms with Crippen LogP contribution in [0.1, 0.15) is 42.3 Å². The van der Waals surface area contributed by atoms with Gasteiger partial charge in [0.15, 0.2) is 0 Å². The molecule has 30 heavy (non-hydrogen) atoms. The highest BCUT2D eigenvalue weighted by Crippen LogP contribution is 2.33. The zero-order valence-electron chi connectivity index (χ0n) is 17.6. The van der Waals surface area contributed by atoms with E-state index in [2.05, 4.69) is 46.0 Å². The van der Waals surface area contributed by atoms with Gasteiger partial charge in [-0.15, -0.1) is 0 Å². The molecule has 0 N–H and O–H groups in total. The first kappa shape index (κ1) is 19.8. The van der Waals surface area contributed by atoms with Crippen molar-refractivity contribution in [1.82, 2.24) is 19.9 Å². The summed E-state index contributed by atoms with van der Waals surface area (Å²) < 4.78 is 0. The average Bonchev–Trinajstić information content (AvgIpc) is 2.80. The fourth-order valence-electron chi connectivity index (χ4n) is 4.67. The van der Waals surface area contributed by atoms with E-state index in [9.17, 15) is 0 Å². The van der Waals surface area contributed by atoms with Gasteiger partial charge in [0.1, 0.15) is 11.6 Å². The first-order chi connectivity index (χ1) is 14.8. The first-order valence-electron chi connectivity index (χ1n) is 11.0. The lowest BCUT2D eigenvalue weighted by Gasteiger charge is -2.35. The Labute approximate surface area is 182 Å². The second kappa shape index (κ2) is 8.90. The van der Waals surface area contributed by atoms with Crippen LogP contribution in [-0.4, -0.2) is 51.0 Å². The molecule has 4 heterocycles. The molecule has 2 fully saturated rings. The maximum atomic E-state index is 5.14. The molecule has 0 saturated carbocycles. The fraction of sp³-hybridized carbons (Fsp3) is 0.458. The van der Waals surface area contributed by atoms with Gasteiger partial charge in [0, 0.05) is 48.4 Å². The topological polar surface area (TPSA) is 45.2 Å². The molecule has 156 valence electrons. The lowest BCUT2D eigenvalue weighted by atomic mass is 9.96. The predicted octanol–water partition coefficient (Wildman–Crippen LogP) is 4.61. The van der Waals surface area contributed by atoms with Crippen LogP contribution in [0.4, 0.5) is 5.82 Å². The van der Waals surface area contributed by atoms with Gasteiger partial charge in [-0.25, -0.2) is 9.97 Å². The number of rotatable bonds is 4. The molecule has 0 radical (unpaired) electrons. The number of thioether (sulfide) groups is 1. The van der Waals surface area contributed by atoms with E-state index < -0.39 is 0 Å². The van der Waals surface area contributed by atoms with Gasteiger partial charge >= 0.3 is 0 Å². The zero-order chi connectivity index (χ0) is 20.3. The summed E-state index contributed by atoms with van der Waals surface area (Å²) in [6.07, 6.45) is 7.55. The summed E-state index contributed by atoms with van der Waals surface area (Å²) in [6.45, 7) is 6.15. The SMILES string of the molecule is Cc1ccc2nc(CN3CCCCC3c3cccnc3)nc(N3CCSCC3)c2c1. The summed E-state index contributed by atoms with van der Waals surface area (Å²) in [5, 5.41) is 1.19. The monoisotopic (exact) mass is 419 g/mol. The number of piperidine rings is 1. The minimum absolute atomic E-state index is 0.402. The molecule has 0 amide bonds. The Morgan fingerprint density at radius 1 is 1.07 bits per heavy atom. The highest BCUT2D eigenvalue weighted by molar-refractivity contribution is 7.99. The van der Waals surface area contributed by atoms with Gasteiger partial charge in [-0.3, -0.25) is 9.88 Å². The molecule has 1 atom stereocenters. The van der Waals surface area contributed by atoms with E-state index >= 15 is 0 Å². The van der Waals surface area contributed by atoms with Crippen molar-refractivity contribution in [3.63, 3.8) is 0 Å². The van der Waals surface area contributed by atoms with Gasteiger partial charge in [0.05, 0.1) is 12.1 Å². The number of pyridine rings is 1. The third-order valence-corrected chi connectivity index (χ3v) is 7.16. The van der Waals surface area contributed by atoms with Crippen molar-refractivity contribution in [2.75, 3.05) is 36.0 Å². The molecule has 0 spiro atoms. The second-order valence-corrected chi connectivity index (χ2v) is 9.58. The molecule has 2 aliphatic rings. The van der Waals surface area contributed by atoms with Crippen molar-refractivity contribution < 1.29 is 0 Å². The molecule has 2 aliphatic heterocycles. The van der Waals surface area contributed by atoms with Crippen molar-refractivity contribution in [3.05, 3.63) is 59.7 Å². The third kappa shape index (κ3) is 4.16. The van der Waals surface area contributed by atoms with Crippen LogP contribution >= 0.6 is 11.8 Å². The summed E-state index contributed by atoms with van der Waals surface area (Å²) >= 11 is 2.03. The number of fused-ring (bicyclic) bond motifs is 1. The van der Waals surface area contributed by atoms with E-state index in [1.165, 1.54) is 47.3 Å². The van der Waals surface area contributed by atoms with Crippen molar-refractivity contribution in [2.24, 2.45) is 0 Å². The molecule has 3 aromatic rings. The number of anilines is 1. The highest BCUT2D eigenvalue weighted by Gasteiger charge is 2.26. The summed E-state index contributed by atoms with van der Waals surface area (Å²) in [7, 11) is 0. The lowest BCUT2D eigenvalue weighted by Crippen LogP contribution is -2.35. The summed E-state index contributed by atoms with van der Waals surface area (Å²) in [5.41, 5.74) is 3.63. The Hall–Kier alpha value is -2.18. The van der Waals surface area contributed by atoms with E-state index in [0.717, 1.165) is 43.3 Å².